The topological polar surface area (TPSA) is 35.5 Å². The van der Waals surface area contributed by atoms with Crippen LogP contribution in [0.1, 0.15) is 50.8 Å². The van der Waals surface area contributed by atoms with Crippen molar-refractivity contribution in [2.45, 2.75) is 47.5 Å². The predicted molar refractivity (Wildman–Crippen MR) is 125 cm³/mol. The summed E-state index contributed by atoms with van der Waals surface area (Å²) in [5.41, 5.74) is 4.10. The van der Waals surface area contributed by atoms with Gasteiger partial charge in [0.05, 0.1) is 6.61 Å². The van der Waals surface area contributed by atoms with E-state index >= 15 is 0 Å². The van der Waals surface area contributed by atoms with Crippen LogP contribution in [0, 0.1) is 12.8 Å². The van der Waals surface area contributed by atoms with Gasteiger partial charge in [-0.3, -0.25) is 0 Å². The van der Waals surface area contributed by atoms with Crippen LogP contribution < -0.4 is 4.74 Å². The Morgan fingerprint density at radius 1 is 1.28 bits per heavy atom. The predicted octanol–water partition coefficient (Wildman–Crippen LogP) is 6.86. The second kappa shape index (κ2) is 13.8. The van der Waals surface area contributed by atoms with Crippen molar-refractivity contribution in [3.8, 4) is 5.75 Å². The minimum absolute atomic E-state index is 0.292. The van der Waals surface area contributed by atoms with Gasteiger partial charge in [-0.25, -0.2) is 4.79 Å². The maximum absolute atomic E-state index is 11.6. The fraction of sp³-hybridized carbons (Fsp3) is 0.400. The molecule has 2 rings (SSSR count). The van der Waals surface area contributed by atoms with E-state index in [0.29, 0.717) is 18.8 Å². The lowest BCUT2D eigenvalue weighted by Crippen LogP contribution is -2.05. The summed E-state index contributed by atoms with van der Waals surface area (Å²) in [6.07, 6.45) is 6.07. The van der Waals surface area contributed by atoms with Crippen LogP contribution in [0.5, 0.6) is 5.75 Å². The molecule has 0 saturated carbocycles. The average Bonchev–Trinajstić information content (AvgIpc) is 3.21. The van der Waals surface area contributed by atoms with E-state index < -0.39 is 0 Å². The third-order valence-electron chi connectivity index (χ3n) is 4.18. The van der Waals surface area contributed by atoms with Crippen LogP contribution in [0.2, 0.25) is 0 Å². The van der Waals surface area contributed by atoms with E-state index in [4.69, 9.17) is 9.47 Å². The summed E-state index contributed by atoms with van der Waals surface area (Å²) in [6.45, 7) is 14.5. The Morgan fingerprint density at radius 2 is 2.03 bits per heavy atom. The van der Waals surface area contributed by atoms with E-state index in [1.165, 1.54) is 18.4 Å². The van der Waals surface area contributed by atoms with Gasteiger partial charge in [-0.2, -0.15) is 11.3 Å². The third kappa shape index (κ3) is 10.1. The van der Waals surface area contributed by atoms with Gasteiger partial charge in [0.15, 0.2) is 0 Å². The number of carbonyl (C=O) groups excluding carboxylic acids is 1. The van der Waals surface area contributed by atoms with Crippen molar-refractivity contribution in [1.29, 1.82) is 0 Å². The van der Waals surface area contributed by atoms with E-state index in [-0.39, 0.29) is 5.97 Å². The van der Waals surface area contributed by atoms with Crippen LogP contribution in [0.4, 0.5) is 0 Å². The molecule has 0 amide bonds. The summed E-state index contributed by atoms with van der Waals surface area (Å²) in [5, 5.41) is 4.39. The average molecular weight is 415 g/mol. The Kier molecular flexibility index (Phi) is 11.7. The maximum atomic E-state index is 11.6. The quantitative estimate of drug-likeness (QED) is 0.255. The van der Waals surface area contributed by atoms with E-state index in [0.717, 1.165) is 22.8 Å². The van der Waals surface area contributed by atoms with Gasteiger partial charge in [0, 0.05) is 5.57 Å². The van der Waals surface area contributed by atoms with Crippen molar-refractivity contribution in [2.75, 3.05) is 13.2 Å². The molecule has 2 aromatic rings. The molecule has 29 heavy (non-hydrogen) atoms. The standard InChI is InChI=1S/C16H20O3.C9H14S/c1-5-9-19-15-8-7-12(3)14(11-15)10-13(4)16(17)18-6-2;1-8(2)3-4-9-5-6-10-7-9/h5,7-8,10-11H,1,6,9H2,2-4H3;5-8H,3-4H2,1-2H3/b13-10+;. The Morgan fingerprint density at radius 3 is 2.62 bits per heavy atom. The molecule has 1 aromatic carbocycles. The molecular formula is C25H34O3S. The summed E-state index contributed by atoms with van der Waals surface area (Å²) >= 11 is 1.79. The van der Waals surface area contributed by atoms with Crippen molar-refractivity contribution < 1.29 is 14.3 Å². The Hall–Kier alpha value is -2.33. The SMILES string of the molecule is C=CCOc1ccc(C)c(/C=C(\C)C(=O)OCC)c1.CC(C)CCc1ccsc1. The number of rotatable bonds is 9. The third-order valence-corrected chi connectivity index (χ3v) is 4.91. The zero-order valence-electron chi connectivity index (χ0n) is 18.4. The molecule has 1 aromatic heterocycles. The number of esters is 1. The van der Waals surface area contributed by atoms with E-state index in [9.17, 15) is 4.79 Å². The fourth-order valence-corrected chi connectivity index (χ4v) is 3.15. The van der Waals surface area contributed by atoms with Gasteiger partial charge in [0.1, 0.15) is 12.4 Å². The summed E-state index contributed by atoms with van der Waals surface area (Å²) in [4.78, 5) is 11.6. The van der Waals surface area contributed by atoms with Crippen LogP contribution in [0.25, 0.3) is 6.08 Å². The molecule has 158 valence electrons. The lowest BCUT2D eigenvalue weighted by Gasteiger charge is -2.08. The Balaban J connectivity index is 0.000000352. The molecule has 0 unspecified atom stereocenters. The van der Waals surface area contributed by atoms with Crippen molar-refractivity contribution in [2.24, 2.45) is 5.92 Å². The summed E-state index contributed by atoms with van der Waals surface area (Å²) in [7, 11) is 0. The number of benzene rings is 1. The highest BCUT2D eigenvalue weighted by molar-refractivity contribution is 7.07. The molecule has 3 nitrogen and oxygen atoms in total. The molecule has 0 aliphatic carbocycles. The van der Waals surface area contributed by atoms with Crippen molar-refractivity contribution in [3.05, 3.63) is 69.9 Å². The minimum atomic E-state index is -0.292. The van der Waals surface area contributed by atoms with Crippen LogP contribution in [-0.2, 0) is 16.0 Å². The van der Waals surface area contributed by atoms with Crippen LogP contribution >= 0.6 is 11.3 Å². The van der Waals surface area contributed by atoms with Crippen molar-refractivity contribution in [1.82, 2.24) is 0 Å². The highest BCUT2D eigenvalue weighted by Crippen LogP contribution is 2.20. The number of hydrogen-bond donors (Lipinski definition) is 0. The monoisotopic (exact) mass is 414 g/mol. The van der Waals surface area contributed by atoms with Gasteiger partial charge in [-0.05, 0) is 91.3 Å². The molecule has 0 bridgehead atoms. The molecule has 0 aliphatic heterocycles. The van der Waals surface area contributed by atoms with E-state index in [1.807, 2.05) is 31.2 Å². The summed E-state index contributed by atoms with van der Waals surface area (Å²) < 4.78 is 10.4. The first-order chi connectivity index (χ1) is 13.9. The molecule has 0 N–H and O–H groups in total. The Labute approximate surface area is 180 Å². The number of ether oxygens (including phenoxy) is 2. The van der Waals surface area contributed by atoms with E-state index in [2.05, 4.69) is 37.3 Å². The first-order valence-electron chi connectivity index (χ1n) is 10.1. The molecular weight excluding hydrogens is 380 g/mol. The molecule has 0 fully saturated rings. The van der Waals surface area contributed by atoms with Crippen molar-refractivity contribution in [3.63, 3.8) is 0 Å². The largest absolute Gasteiger partial charge is 0.490 e. The molecule has 4 heteroatoms. The molecule has 0 atom stereocenters. The first kappa shape index (κ1) is 24.7. The molecule has 0 spiro atoms. The number of carbonyl (C=O) groups is 1. The van der Waals surface area contributed by atoms with Gasteiger partial charge in [-0.1, -0.05) is 32.6 Å². The first-order valence-corrected chi connectivity index (χ1v) is 11.0. The van der Waals surface area contributed by atoms with Gasteiger partial charge in [0.2, 0.25) is 0 Å². The molecule has 0 aliphatic rings. The Bertz CT molecular complexity index is 773. The van der Waals surface area contributed by atoms with Gasteiger partial charge >= 0.3 is 5.97 Å². The normalized spacial score (nSPS) is 10.9. The smallest absolute Gasteiger partial charge is 0.333 e. The van der Waals surface area contributed by atoms with Gasteiger partial charge in [0.25, 0.3) is 0 Å². The minimum Gasteiger partial charge on any atom is -0.490 e. The molecule has 0 saturated heterocycles. The van der Waals surface area contributed by atoms with E-state index in [1.54, 1.807) is 31.3 Å². The number of hydrogen-bond acceptors (Lipinski definition) is 4. The number of aryl methyl sites for hydroxylation is 2. The van der Waals surface area contributed by atoms with Crippen LogP contribution in [0.15, 0.2) is 53.3 Å². The van der Waals surface area contributed by atoms with Crippen LogP contribution in [-0.4, -0.2) is 19.2 Å². The van der Waals surface area contributed by atoms with Crippen molar-refractivity contribution >= 4 is 23.4 Å². The van der Waals surface area contributed by atoms with Crippen LogP contribution in [0.3, 0.4) is 0 Å². The lowest BCUT2D eigenvalue weighted by molar-refractivity contribution is -0.138. The summed E-state index contributed by atoms with van der Waals surface area (Å²) in [6, 6.07) is 7.98. The second-order valence-electron chi connectivity index (χ2n) is 7.23. The lowest BCUT2D eigenvalue weighted by atomic mass is 10.1. The maximum Gasteiger partial charge on any atom is 0.333 e. The fourth-order valence-electron chi connectivity index (χ4n) is 2.45. The highest BCUT2D eigenvalue weighted by atomic mass is 32.1. The molecule has 0 radical (unpaired) electrons. The summed E-state index contributed by atoms with van der Waals surface area (Å²) in [5.74, 6) is 1.30. The van der Waals surface area contributed by atoms with Gasteiger partial charge in [-0.15, -0.1) is 0 Å². The number of thiophene rings is 1. The van der Waals surface area contributed by atoms with Gasteiger partial charge < -0.3 is 9.47 Å². The zero-order chi connectivity index (χ0) is 21.6. The zero-order valence-corrected chi connectivity index (χ0v) is 19.2. The second-order valence-corrected chi connectivity index (χ2v) is 8.01. The highest BCUT2D eigenvalue weighted by Gasteiger charge is 2.06. The molecule has 1 heterocycles.